The van der Waals surface area contributed by atoms with Crippen LogP contribution < -0.4 is 5.73 Å². The summed E-state index contributed by atoms with van der Waals surface area (Å²) in [5.74, 6) is -0.250. The lowest BCUT2D eigenvalue weighted by molar-refractivity contribution is 0.146. The number of hydrogen-bond donors (Lipinski definition) is 2. The number of hydrogen-bond acceptors (Lipinski definition) is 3. The Balaban J connectivity index is 3.21. The van der Waals surface area contributed by atoms with Crippen molar-refractivity contribution in [3.05, 3.63) is 15.5 Å². The van der Waals surface area contributed by atoms with Crippen molar-refractivity contribution in [2.45, 2.75) is 6.43 Å². The third-order valence-corrected chi connectivity index (χ3v) is 1.98. The molecule has 0 unspecified atom stereocenters. The van der Waals surface area contributed by atoms with E-state index in [2.05, 4.69) is 4.98 Å². The van der Waals surface area contributed by atoms with Crippen LogP contribution in [0.15, 0.2) is 6.07 Å². The number of anilines is 1. The molecule has 1 heterocycles. The average molecular weight is 286 g/mol. The number of halogens is 3. The summed E-state index contributed by atoms with van der Waals surface area (Å²) in [6.07, 6.45) is -2.67. The molecule has 0 aliphatic carbocycles. The van der Waals surface area contributed by atoms with Gasteiger partial charge < -0.3 is 10.8 Å². The van der Waals surface area contributed by atoms with E-state index in [9.17, 15) is 8.78 Å². The number of aromatic nitrogens is 1. The largest absolute Gasteiger partial charge is 0.504 e. The molecule has 1 aromatic rings. The molecule has 0 radical (unpaired) electrons. The van der Waals surface area contributed by atoms with Crippen LogP contribution in [0.3, 0.4) is 0 Å². The van der Waals surface area contributed by atoms with Crippen LogP contribution in [-0.4, -0.2) is 10.1 Å². The molecular formula is C6H5F2IN2O. The highest BCUT2D eigenvalue weighted by Gasteiger charge is 2.13. The minimum atomic E-state index is -2.67. The molecule has 0 saturated carbocycles. The number of rotatable bonds is 1. The van der Waals surface area contributed by atoms with Crippen molar-refractivity contribution >= 4 is 28.3 Å². The normalized spacial score (nSPS) is 10.7. The van der Waals surface area contributed by atoms with Gasteiger partial charge in [-0.15, -0.1) is 0 Å². The first-order chi connectivity index (χ1) is 5.52. The maximum absolute atomic E-state index is 12.1. The van der Waals surface area contributed by atoms with Crippen LogP contribution in [0.25, 0.3) is 0 Å². The monoisotopic (exact) mass is 286 g/mol. The number of pyridine rings is 1. The summed E-state index contributed by atoms with van der Waals surface area (Å²) in [5, 5.41) is 9.07. The van der Waals surface area contributed by atoms with Crippen LogP contribution in [0.1, 0.15) is 12.1 Å². The lowest BCUT2D eigenvalue weighted by Gasteiger charge is -2.04. The lowest BCUT2D eigenvalue weighted by Crippen LogP contribution is -1.97. The van der Waals surface area contributed by atoms with Crippen molar-refractivity contribution < 1.29 is 13.9 Å². The van der Waals surface area contributed by atoms with E-state index in [4.69, 9.17) is 10.8 Å². The molecule has 0 amide bonds. The summed E-state index contributed by atoms with van der Waals surface area (Å²) in [6.45, 7) is 0. The first-order valence-corrected chi connectivity index (χ1v) is 4.03. The second-order valence-corrected chi connectivity index (χ2v) is 3.10. The van der Waals surface area contributed by atoms with E-state index < -0.39 is 12.1 Å². The number of aromatic hydroxyl groups is 1. The molecule has 0 aliphatic heterocycles. The summed E-state index contributed by atoms with van der Waals surface area (Å²) >= 11 is 1.63. The Morgan fingerprint density at radius 2 is 2.17 bits per heavy atom. The summed E-state index contributed by atoms with van der Waals surface area (Å²) < 4.78 is 24.2. The van der Waals surface area contributed by atoms with Gasteiger partial charge >= 0.3 is 0 Å². The van der Waals surface area contributed by atoms with Crippen molar-refractivity contribution in [2.75, 3.05) is 5.73 Å². The highest BCUT2D eigenvalue weighted by atomic mass is 127. The zero-order valence-corrected chi connectivity index (χ0v) is 7.92. The first kappa shape index (κ1) is 9.43. The molecule has 0 aromatic carbocycles. The molecule has 0 fully saturated rings. The van der Waals surface area contributed by atoms with Gasteiger partial charge in [0.2, 0.25) is 0 Å². The lowest BCUT2D eigenvalue weighted by atomic mass is 10.3. The maximum atomic E-state index is 12.1. The second-order valence-electron chi connectivity index (χ2n) is 2.08. The molecule has 0 spiro atoms. The predicted octanol–water partition coefficient (Wildman–Crippen LogP) is 1.91. The van der Waals surface area contributed by atoms with E-state index in [1.54, 1.807) is 22.6 Å². The van der Waals surface area contributed by atoms with E-state index in [-0.39, 0.29) is 15.1 Å². The zero-order chi connectivity index (χ0) is 9.30. The molecule has 3 N–H and O–H groups in total. The van der Waals surface area contributed by atoms with Gasteiger partial charge in [0.15, 0.2) is 5.75 Å². The number of nitrogen functional groups attached to an aromatic ring is 1. The molecule has 0 aliphatic rings. The quantitative estimate of drug-likeness (QED) is 0.612. The van der Waals surface area contributed by atoms with Gasteiger partial charge in [-0.1, -0.05) is 0 Å². The molecule has 6 heteroatoms. The topological polar surface area (TPSA) is 59.1 Å². The standard InChI is InChI=1S/C6H5F2IN2O/c7-5(8)3-1-2(10)4(12)6(9)11-3/h1,5,12H,(H2,10,11). The van der Waals surface area contributed by atoms with Gasteiger partial charge in [0.05, 0.1) is 5.69 Å². The predicted molar refractivity (Wildman–Crippen MR) is 48.0 cm³/mol. The van der Waals surface area contributed by atoms with Crippen molar-refractivity contribution in [3.8, 4) is 5.75 Å². The fourth-order valence-corrected chi connectivity index (χ4v) is 1.25. The Kier molecular flexibility index (Phi) is 2.65. The van der Waals surface area contributed by atoms with Gasteiger partial charge in [-0.05, 0) is 28.7 Å². The van der Waals surface area contributed by atoms with Crippen LogP contribution in [0.2, 0.25) is 0 Å². The van der Waals surface area contributed by atoms with Gasteiger partial charge in [-0.2, -0.15) is 0 Å². The molecule has 0 atom stereocenters. The average Bonchev–Trinajstić information content (AvgIpc) is 1.99. The minimum absolute atomic E-state index is 0.0790. The van der Waals surface area contributed by atoms with E-state index in [1.807, 2.05) is 0 Å². The second kappa shape index (κ2) is 3.38. The van der Waals surface area contributed by atoms with Crippen molar-refractivity contribution in [1.82, 2.24) is 4.98 Å². The molecular weight excluding hydrogens is 281 g/mol. The van der Waals surface area contributed by atoms with Crippen molar-refractivity contribution in [2.24, 2.45) is 0 Å². The van der Waals surface area contributed by atoms with Gasteiger partial charge in [-0.3, -0.25) is 0 Å². The van der Waals surface area contributed by atoms with Gasteiger partial charge in [0.25, 0.3) is 6.43 Å². The number of alkyl halides is 2. The van der Waals surface area contributed by atoms with E-state index in [0.717, 1.165) is 6.07 Å². The summed E-state index contributed by atoms with van der Waals surface area (Å²) in [7, 11) is 0. The Bertz CT molecular complexity index is 283. The highest BCUT2D eigenvalue weighted by molar-refractivity contribution is 14.1. The van der Waals surface area contributed by atoms with E-state index in [0.29, 0.717) is 0 Å². The van der Waals surface area contributed by atoms with Crippen molar-refractivity contribution in [1.29, 1.82) is 0 Å². The van der Waals surface area contributed by atoms with Crippen molar-refractivity contribution in [3.63, 3.8) is 0 Å². The molecule has 0 saturated heterocycles. The SMILES string of the molecule is Nc1cc(C(F)F)nc(I)c1O. The first-order valence-electron chi connectivity index (χ1n) is 2.95. The van der Waals surface area contributed by atoms with Gasteiger partial charge in [0.1, 0.15) is 9.39 Å². The van der Waals surface area contributed by atoms with Gasteiger partial charge in [-0.25, -0.2) is 13.8 Å². The third-order valence-electron chi connectivity index (χ3n) is 1.22. The molecule has 12 heavy (non-hydrogen) atoms. The Morgan fingerprint density at radius 1 is 1.58 bits per heavy atom. The summed E-state index contributed by atoms with van der Waals surface area (Å²) in [6, 6.07) is 0.960. The summed E-state index contributed by atoms with van der Waals surface area (Å²) in [5.41, 5.74) is 4.73. The smallest absolute Gasteiger partial charge is 0.280 e. The highest BCUT2D eigenvalue weighted by Crippen LogP contribution is 2.28. The van der Waals surface area contributed by atoms with Crippen LogP contribution in [-0.2, 0) is 0 Å². The van der Waals surface area contributed by atoms with Crippen LogP contribution >= 0.6 is 22.6 Å². The van der Waals surface area contributed by atoms with Crippen LogP contribution in [0.4, 0.5) is 14.5 Å². The molecule has 66 valence electrons. The fraction of sp³-hybridized carbons (Fsp3) is 0.167. The van der Waals surface area contributed by atoms with E-state index in [1.165, 1.54) is 0 Å². The number of nitrogens with zero attached hydrogens (tertiary/aromatic N) is 1. The minimum Gasteiger partial charge on any atom is -0.504 e. The zero-order valence-electron chi connectivity index (χ0n) is 5.76. The fourth-order valence-electron chi connectivity index (χ4n) is 0.657. The Hall–Kier alpha value is -0.660. The number of nitrogens with two attached hydrogens (primary N) is 1. The molecule has 1 rings (SSSR count). The summed E-state index contributed by atoms with van der Waals surface area (Å²) in [4.78, 5) is 3.44. The third kappa shape index (κ3) is 1.74. The molecule has 1 aromatic heterocycles. The Morgan fingerprint density at radius 3 is 2.58 bits per heavy atom. The molecule has 0 bridgehead atoms. The maximum Gasteiger partial charge on any atom is 0.280 e. The van der Waals surface area contributed by atoms with Gasteiger partial charge in [0, 0.05) is 0 Å². The Labute approximate surface area is 80.7 Å². The van der Waals surface area contributed by atoms with E-state index >= 15 is 0 Å². The van der Waals surface area contributed by atoms with Crippen LogP contribution in [0.5, 0.6) is 5.75 Å². The van der Waals surface area contributed by atoms with Crippen LogP contribution in [0, 0.1) is 3.70 Å². The molecule has 3 nitrogen and oxygen atoms in total.